The molecule has 5 heteroatoms. The molecule has 58 valence electrons. The Morgan fingerprint density at radius 3 is 2.20 bits per heavy atom. The summed E-state index contributed by atoms with van der Waals surface area (Å²) in [4.78, 5) is 20.9. The number of nitrogens with one attached hydrogen (secondary N) is 1. The molecule has 0 aromatic carbocycles. The van der Waals surface area contributed by atoms with Crippen molar-refractivity contribution in [2.75, 3.05) is 5.75 Å². The molecule has 0 heterocycles. The number of hydrogen-bond acceptors (Lipinski definition) is 3. The molecule has 0 radical (unpaired) electrons. The van der Waals surface area contributed by atoms with E-state index in [2.05, 4.69) is 30.6 Å². The van der Waals surface area contributed by atoms with E-state index in [1.807, 2.05) is 0 Å². The van der Waals surface area contributed by atoms with Gasteiger partial charge in [0.05, 0.1) is 0 Å². The predicted molar refractivity (Wildman–Crippen MR) is 45.5 cm³/mol. The molecule has 0 spiro atoms. The highest BCUT2D eigenvalue weighted by Gasteiger charge is 2.12. The summed E-state index contributed by atoms with van der Waals surface area (Å²) in [6, 6.07) is -0.566. The van der Waals surface area contributed by atoms with Gasteiger partial charge in [0.1, 0.15) is 6.04 Å². The third kappa shape index (κ3) is 3.79. The van der Waals surface area contributed by atoms with Crippen molar-refractivity contribution in [2.45, 2.75) is 13.0 Å². The average molecular weight is 179 g/mol. The second-order valence-corrected chi connectivity index (χ2v) is 2.58. The molecule has 0 rings (SSSR count). The molecular formula is C5H9NO2S2. The van der Waals surface area contributed by atoms with Crippen LogP contribution in [0.1, 0.15) is 6.92 Å². The van der Waals surface area contributed by atoms with Crippen LogP contribution in [0.5, 0.6) is 0 Å². The molecule has 1 N–H and O–H groups in total. The van der Waals surface area contributed by atoms with Crippen LogP contribution < -0.4 is 5.32 Å². The van der Waals surface area contributed by atoms with Gasteiger partial charge in [0, 0.05) is 12.7 Å². The first kappa shape index (κ1) is 9.84. The predicted octanol–water partition coefficient (Wildman–Crippen LogP) is -0.123. The van der Waals surface area contributed by atoms with Gasteiger partial charge in [0.15, 0.2) is 0 Å². The smallest absolute Gasteiger partial charge is 0.217 e. The van der Waals surface area contributed by atoms with Crippen molar-refractivity contribution in [3.8, 4) is 0 Å². The summed E-state index contributed by atoms with van der Waals surface area (Å²) in [7, 11) is 0. The van der Waals surface area contributed by atoms with Crippen molar-refractivity contribution in [2.24, 2.45) is 0 Å². The zero-order valence-electron chi connectivity index (χ0n) is 5.50. The lowest BCUT2D eigenvalue weighted by molar-refractivity contribution is -0.122. The molecule has 0 aliphatic heterocycles. The number of hydrogen-bond donors (Lipinski definition) is 3. The van der Waals surface area contributed by atoms with Crippen molar-refractivity contribution in [3.63, 3.8) is 0 Å². The first-order chi connectivity index (χ1) is 4.57. The number of carbonyl (C=O) groups excluding carboxylic acids is 2. The quantitative estimate of drug-likeness (QED) is 0.529. The van der Waals surface area contributed by atoms with Crippen LogP contribution in [0.4, 0.5) is 0 Å². The van der Waals surface area contributed by atoms with Crippen molar-refractivity contribution in [3.05, 3.63) is 0 Å². The van der Waals surface area contributed by atoms with E-state index in [-0.39, 0.29) is 16.8 Å². The van der Waals surface area contributed by atoms with Crippen LogP contribution in [-0.2, 0) is 9.59 Å². The Labute approximate surface area is 70.4 Å². The normalized spacial score (nSPS) is 12.3. The zero-order valence-corrected chi connectivity index (χ0v) is 7.28. The zero-order chi connectivity index (χ0) is 8.15. The molecule has 0 aliphatic rings. The maximum Gasteiger partial charge on any atom is 0.217 e. The molecule has 10 heavy (non-hydrogen) atoms. The molecule has 0 unspecified atom stereocenters. The number of rotatable bonds is 3. The maximum absolute atomic E-state index is 10.5. The summed E-state index contributed by atoms with van der Waals surface area (Å²) in [6.07, 6.45) is 0. The molecule has 1 atom stereocenters. The molecule has 0 bridgehead atoms. The van der Waals surface area contributed by atoms with Gasteiger partial charge in [-0.25, -0.2) is 0 Å². The van der Waals surface area contributed by atoms with Crippen molar-refractivity contribution in [1.29, 1.82) is 0 Å². The number of thiol groups is 2. The Morgan fingerprint density at radius 2 is 2.10 bits per heavy atom. The Kier molecular flexibility index (Phi) is 4.55. The third-order valence-corrected chi connectivity index (χ3v) is 1.53. The van der Waals surface area contributed by atoms with E-state index >= 15 is 0 Å². The summed E-state index contributed by atoms with van der Waals surface area (Å²) in [6.45, 7) is 1.34. The Morgan fingerprint density at radius 1 is 1.60 bits per heavy atom. The topological polar surface area (TPSA) is 46.2 Å². The molecule has 3 nitrogen and oxygen atoms in total. The highest BCUT2D eigenvalue weighted by atomic mass is 32.1. The summed E-state index contributed by atoms with van der Waals surface area (Å²) in [5, 5.41) is 2.02. The van der Waals surface area contributed by atoms with E-state index in [9.17, 15) is 9.59 Å². The molecule has 0 saturated heterocycles. The molecule has 0 saturated carbocycles. The lowest BCUT2D eigenvalue weighted by Crippen LogP contribution is -2.38. The van der Waals surface area contributed by atoms with E-state index in [0.29, 0.717) is 0 Å². The highest BCUT2D eigenvalue weighted by molar-refractivity contribution is 7.96. The SMILES string of the molecule is CC(=O)N[C@@H](CS)C(=O)S. The second-order valence-electron chi connectivity index (χ2n) is 1.77. The van der Waals surface area contributed by atoms with E-state index < -0.39 is 6.04 Å². The standard InChI is InChI=1S/C5H9NO2S2/c1-3(7)6-4(2-9)5(8)10/h4,9H,2H2,1H3,(H,6,7)(H,8,10)/t4-/m0/s1. The number of carbonyl (C=O) groups is 2. The maximum atomic E-state index is 10.5. The fraction of sp³-hybridized carbons (Fsp3) is 0.600. The first-order valence-electron chi connectivity index (χ1n) is 2.68. The molecule has 0 aliphatic carbocycles. The van der Waals surface area contributed by atoms with E-state index in [1.165, 1.54) is 6.92 Å². The average Bonchev–Trinajstić information content (AvgIpc) is 1.81. The Bertz CT molecular complexity index is 149. The van der Waals surface area contributed by atoms with E-state index in [1.54, 1.807) is 0 Å². The van der Waals surface area contributed by atoms with Crippen LogP contribution in [0.2, 0.25) is 0 Å². The fourth-order valence-electron chi connectivity index (χ4n) is 0.431. The summed E-state index contributed by atoms with van der Waals surface area (Å²) in [5.41, 5.74) is 0. The van der Waals surface area contributed by atoms with Gasteiger partial charge in [0.2, 0.25) is 11.0 Å². The van der Waals surface area contributed by atoms with E-state index in [4.69, 9.17) is 0 Å². The summed E-state index contributed by atoms with van der Waals surface area (Å²) in [5.74, 6) is 0.0310. The third-order valence-electron chi connectivity index (χ3n) is 0.858. The molecule has 0 aromatic heterocycles. The van der Waals surface area contributed by atoms with Gasteiger partial charge in [-0.1, -0.05) is 0 Å². The van der Waals surface area contributed by atoms with Gasteiger partial charge < -0.3 is 5.32 Å². The van der Waals surface area contributed by atoms with Gasteiger partial charge in [-0.15, -0.1) is 12.6 Å². The molecule has 0 aromatic rings. The minimum absolute atomic E-state index is 0.249. The largest absolute Gasteiger partial charge is 0.345 e. The Hall–Kier alpha value is -0.160. The molecular weight excluding hydrogens is 170 g/mol. The minimum atomic E-state index is -0.566. The van der Waals surface area contributed by atoms with Gasteiger partial charge in [-0.3, -0.25) is 9.59 Å². The lowest BCUT2D eigenvalue weighted by atomic mass is 10.4. The van der Waals surface area contributed by atoms with Crippen molar-refractivity contribution < 1.29 is 9.59 Å². The van der Waals surface area contributed by atoms with Crippen LogP contribution >= 0.6 is 25.3 Å². The number of amides is 1. The van der Waals surface area contributed by atoms with Crippen LogP contribution in [0.15, 0.2) is 0 Å². The molecule has 1 amide bonds. The molecule has 0 fully saturated rings. The van der Waals surface area contributed by atoms with Gasteiger partial charge in [-0.2, -0.15) is 12.6 Å². The lowest BCUT2D eigenvalue weighted by Gasteiger charge is -2.09. The van der Waals surface area contributed by atoms with Gasteiger partial charge >= 0.3 is 0 Å². The fourth-order valence-corrected chi connectivity index (χ4v) is 0.988. The minimum Gasteiger partial charge on any atom is -0.345 e. The van der Waals surface area contributed by atoms with Crippen molar-refractivity contribution >= 4 is 36.3 Å². The Balaban J connectivity index is 3.83. The monoisotopic (exact) mass is 179 g/mol. The van der Waals surface area contributed by atoms with E-state index in [0.717, 1.165) is 0 Å². The second kappa shape index (κ2) is 4.62. The van der Waals surface area contributed by atoms with Gasteiger partial charge in [0.25, 0.3) is 0 Å². The summed E-state index contributed by atoms with van der Waals surface area (Å²) >= 11 is 7.39. The van der Waals surface area contributed by atoms with Crippen LogP contribution in [0, 0.1) is 0 Å². The first-order valence-corrected chi connectivity index (χ1v) is 3.76. The van der Waals surface area contributed by atoms with Crippen LogP contribution in [0.25, 0.3) is 0 Å². The summed E-state index contributed by atoms with van der Waals surface area (Å²) < 4.78 is 0. The highest BCUT2D eigenvalue weighted by Crippen LogP contribution is 1.92. The van der Waals surface area contributed by atoms with Crippen LogP contribution in [-0.4, -0.2) is 22.8 Å². The van der Waals surface area contributed by atoms with Crippen LogP contribution in [0.3, 0.4) is 0 Å². The van der Waals surface area contributed by atoms with Gasteiger partial charge in [-0.05, 0) is 0 Å². The van der Waals surface area contributed by atoms with Crippen molar-refractivity contribution in [1.82, 2.24) is 5.32 Å².